The highest BCUT2D eigenvalue weighted by atomic mass is 79.9. The zero-order chi connectivity index (χ0) is 13.5. The summed E-state index contributed by atoms with van der Waals surface area (Å²) in [5.41, 5.74) is 2.84. The Balaban J connectivity index is 2.78. The van der Waals surface area contributed by atoms with Gasteiger partial charge >= 0.3 is 6.09 Å². The zero-order valence-electron chi connectivity index (χ0n) is 9.94. The Hall–Kier alpha value is -1.76. The van der Waals surface area contributed by atoms with E-state index in [2.05, 4.69) is 31.2 Å². The summed E-state index contributed by atoms with van der Waals surface area (Å²) < 4.78 is 10.2. The van der Waals surface area contributed by atoms with Crippen LogP contribution >= 0.6 is 15.9 Å². The first-order valence-electron chi connectivity index (χ1n) is 5.10. The van der Waals surface area contributed by atoms with Gasteiger partial charge in [0.05, 0.1) is 19.9 Å². The first-order valence-corrected chi connectivity index (χ1v) is 5.90. The Kier molecular flexibility index (Phi) is 5.44. The van der Waals surface area contributed by atoms with Gasteiger partial charge < -0.3 is 14.6 Å². The van der Waals surface area contributed by atoms with Crippen molar-refractivity contribution in [3.05, 3.63) is 22.2 Å². The van der Waals surface area contributed by atoms with E-state index in [1.165, 1.54) is 19.4 Å². The fourth-order valence-corrected chi connectivity index (χ4v) is 1.57. The number of ether oxygens (including phenoxy) is 2. The van der Waals surface area contributed by atoms with Crippen LogP contribution in [0, 0.1) is 0 Å². The first-order chi connectivity index (χ1) is 8.58. The number of rotatable bonds is 4. The maximum atomic E-state index is 11.0. The van der Waals surface area contributed by atoms with Crippen LogP contribution in [0.5, 0.6) is 11.5 Å². The molecule has 6 nitrogen and oxygen atoms in total. The summed E-state index contributed by atoms with van der Waals surface area (Å²) in [6.45, 7) is 1.97. The van der Waals surface area contributed by atoms with E-state index in [1.807, 2.05) is 0 Å². The monoisotopic (exact) mass is 316 g/mol. The lowest BCUT2D eigenvalue weighted by Gasteiger charge is -2.06. The van der Waals surface area contributed by atoms with Gasteiger partial charge in [0.25, 0.3) is 0 Å². The van der Waals surface area contributed by atoms with Gasteiger partial charge in [0.15, 0.2) is 11.5 Å². The molecule has 0 heterocycles. The van der Waals surface area contributed by atoms with Crippen molar-refractivity contribution in [3.8, 4) is 11.5 Å². The quantitative estimate of drug-likeness (QED) is 0.659. The van der Waals surface area contributed by atoms with E-state index < -0.39 is 6.09 Å². The summed E-state index contributed by atoms with van der Waals surface area (Å²) in [5.74, 6) is 0.329. The third-order valence-corrected chi connectivity index (χ3v) is 2.62. The van der Waals surface area contributed by atoms with Crippen molar-refractivity contribution in [1.82, 2.24) is 5.43 Å². The number of halogens is 1. The second kappa shape index (κ2) is 6.85. The van der Waals surface area contributed by atoms with Gasteiger partial charge in [0.2, 0.25) is 0 Å². The third kappa shape index (κ3) is 3.92. The van der Waals surface area contributed by atoms with E-state index in [4.69, 9.17) is 4.74 Å². The molecule has 0 aliphatic rings. The van der Waals surface area contributed by atoms with E-state index in [-0.39, 0.29) is 12.4 Å². The average molecular weight is 317 g/mol. The fraction of sp³-hybridized carbons (Fsp3) is 0.273. The van der Waals surface area contributed by atoms with Crippen molar-refractivity contribution in [2.24, 2.45) is 5.10 Å². The van der Waals surface area contributed by atoms with Crippen LogP contribution in [-0.4, -0.2) is 31.1 Å². The number of hydrogen-bond donors (Lipinski definition) is 2. The molecule has 0 spiro atoms. The molecule has 18 heavy (non-hydrogen) atoms. The molecule has 0 saturated carbocycles. The molecule has 0 fully saturated rings. The molecule has 0 radical (unpaired) electrons. The summed E-state index contributed by atoms with van der Waals surface area (Å²) >= 11 is 3.26. The standard InChI is InChI=1S/C11H13BrN2O4/c1-3-18-11(16)14-13-6-7-4-10(17-2)9(15)5-8(7)12/h4-6,15H,3H2,1-2H3,(H,14,16)/b13-6+. The molecule has 0 atom stereocenters. The zero-order valence-corrected chi connectivity index (χ0v) is 11.5. The Morgan fingerprint density at radius 2 is 2.33 bits per heavy atom. The van der Waals surface area contributed by atoms with Crippen LogP contribution in [0.2, 0.25) is 0 Å². The number of hydrogen-bond acceptors (Lipinski definition) is 5. The molecule has 0 aliphatic carbocycles. The molecule has 0 bridgehead atoms. The summed E-state index contributed by atoms with van der Waals surface area (Å²) in [5, 5.41) is 13.2. The van der Waals surface area contributed by atoms with Crippen LogP contribution in [0.25, 0.3) is 0 Å². The van der Waals surface area contributed by atoms with Crippen molar-refractivity contribution in [2.45, 2.75) is 6.92 Å². The van der Waals surface area contributed by atoms with E-state index in [0.29, 0.717) is 15.8 Å². The number of hydrazone groups is 1. The van der Waals surface area contributed by atoms with Gasteiger partial charge in [-0.1, -0.05) is 0 Å². The Morgan fingerprint density at radius 3 is 2.94 bits per heavy atom. The number of phenols is 1. The van der Waals surface area contributed by atoms with E-state index in [9.17, 15) is 9.90 Å². The highest BCUT2D eigenvalue weighted by Gasteiger charge is 2.06. The van der Waals surface area contributed by atoms with Gasteiger partial charge in [-0.15, -0.1) is 0 Å². The molecule has 0 aromatic heterocycles. The molecule has 1 amide bonds. The molecule has 2 N–H and O–H groups in total. The summed E-state index contributed by atoms with van der Waals surface area (Å²) in [4.78, 5) is 11.0. The van der Waals surface area contributed by atoms with E-state index in [0.717, 1.165) is 0 Å². The van der Waals surface area contributed by atoms with Crippen molar-refractivity contribution >= 4 is 28.2 Å². The fourth-order valence-electron chi connectivity index (χ4n) is 1.14. The SMILES string of the molecule is CCOC(=O)N/N=C/c1cc(OC)c(O)cc1Br. The smallest absolute Gasteiger partial charge is 0.427 e. The van der Waals surface area contributed by atoms with Gasteiger partial charge in [-0.2, -0.15) is 5.10 Å². The molecule has 1 aromatic rings. The van der Waals surface area contributed by atoms with Crippen molar-refractivity contribution in [2.75, 3.05) is 13.7 Å². The highest BCUT2D eigenvalue weighted by molar-refractivity contribution is 9.10. The number of nitrogens with zero attached hydrogens (tertiary/aromatic N) is 1. The summed E-state index contributed by atoms with van der Waals surface area (Å²) in [6, 6.07) is 3.06. The molecular weight excluding hydrogens is 304 g/mol. The van der Waals surface area contributed by atoms with Crippen LogP contribution in [0.1, 0.15) is 12.5 Å². The Morgan fingerprint density at radius 1 is 1.61 bits per heavy atom. The van der Waals surface area contributed by atoms with Gasteiger partial charge in [-0.3, -0.25) is 0 Å². The minimum atomic E-state index is -0.629. The molecule has 0 aliphatic heterocycles. The second-order valence-corrected chi connectivity index (χ2v) is 3.99. The maximum Gasteiger partial charge on any atom is 0.427 e. The van der Waals surface area contributed by atoms with Gasteiger partial charge in [-0.05, 0) is 35.0 Å². The summed E-state index contributed by atoms with van der Waals surface area (Å²) in [6.07, 6.45) is 0.777. The second-order valence-electron chi connectivity index (χ2n) is 3.14. The van der Waals surface area contributed by atoms with Crippen LogP contribution in [-0.2, 0) is 4.74 Å². The third-order valence-electron chi connectivity index (χ3n) is 1.93. The van der Waals surface area contributed by atoms with E-state index >= 15 is 0 Å². The Labute approximate surface area is 113 Å². The van der Waals surface area contributed by atoms with Crippen LogP contribution < -0.4 is 10.2 Å². The lowest BCUT2D eigenvalue weighted by atomic mass is 10.2. The Bertz CT molecular complexity index is 463. The predicted molar refractivity (Wildman–Crippen MR) is 70.1 cm³/mol. The van der Waals surface area contributed by atoms with Crippen LogP contribution in [0.4, 0.5) is 4.79 Å². The lowest BCUT2D eigenvalue weighted by molar-refractivity contribution is 0.152. The number of aromatic hydroxyl groups is 1. The minimum Gasteiger partial charge on any atom is -0.504 e. The van der Waals surface area contributed by atoms with Gasteiger partial charge in [-0.25, -0.2) is 10.2 Å². The molecule has 1 aromatic carbocycles. The number of nitrogens with one attached hydrogen (secondary N) is 1. The predicted octanol–water partition coefficient (Wildman–Crippen LogP) is 2.24. The molecule has 7 heteroatoms. The van der Waals surface area contributed by atoms with Gasteiger partial charge in [0.1, 0.15) is 0 Å². The molecule has 0 unspecified atom stereocenters. The number of methoxy groups -OCH3 is 1. The average Bonchev–Trinajstić information content (AvgIpc) is 2.32. The van der Waals surface area contributed by atoms with E-state index in [1.54, 1.807) is 13.0 Å². The van der Waals surface area contributed by atoms with Crippen LogP contribution in [0.3, 0.4) is 0 Å². The van der Waals surface area contributed by atoms with Crippen molar-refractivity contribution in [1.29, 1.82) is 0 Å². The first kappa shape index (κ1) is 14.3. The van der Waals surface area contributed by atoms with Crippen LogP contribution in [0.15, 0.2) is 21.7 Å². The number of carbonyl (C=O) groups is 1. The molecular formula is C11H13BrN2O4. The highest BCUT2D eigenvalue weighted by Crippen LogP contribution is 2.31. The summed E-state index contributed by atoms with van der Waals surface area (Å²) in [7, 11) is 1.45. The number of amides is 1. The van der Waals surface area contributed by atoms with Gasteiger partial charge in [0, 0.05) is 10.0 Å². The minimum absolute atomic E-state index is 0.0138. The number of benzene rings is 1. The molecule has 0 saturated heterocycles. The van der Waals surface area contributed by atoms with Crippen molar-refractivity contribution in [3.63, 3.8) is 0 Å². The molecule has 1 rings (SSSR count). The van der Waals surface area contributed by atoms with Crippen molar-refractivity contribution < 1.29 is 19.4 Å². The number of phenolic OH excluding ortho intramolecular Hbond substituents is 1. The normalized spacial score (nSPS) is 10.4. The maximum absolute atomic E-state index is 11.0. The molecule has 98 valence electrons. The lowest BCUT2D eigenvalue weighted by Crippen LogP contribution is -2.18. The topological polar surface area (TPSA) is 80.2 Å². The largest absolute Gasteiger partial charge is 0.504 e. The number of carbonyl (C=O) groups excluding carboxylic acids is 1.